The Morgan fingerprint density at radius 1 is 1.14 bits per heavy atom. The molecule has 108 valence electrons. The van der Waals surface area contributed by atoms with Gasteiger partial charge in [-0.25, -0.2) is 4.39 Å². The summed E-state index contributed by atoms with van der Waals surface area (Å²) in [5, 5.41) is 16.0. The lowest BCUT2D eigenvalue weighted by Crippen LogP contribution is -2.12. The van der Waals surface area contributed by atoms with Crippen LogP contribution in [0.1, 0.15) is 10.4 Å². The van der Waals surface area contributed by atoms with E-state index in [4.69, 9.17) is 0 Å². The number of benzene rings is 2. The fraction of sp³-hybridized carbons (Fsp3) is 0.0714. The van der Waals surface area contributed by atoms with Gasteiger partial charge in [0.1, 0.15) is 5.82 Å². The number of nitro groups is 1. The molecule has 2 aromatic rings. The van der Waals surface area contributed by atoms with Crippen molar-refractivity contribution in [3.05, 3.63) is 64.0 Å². The highest BCUT2D eigenvalue weighted by Gasteiger charge is 2.12. The lowest BCUT2D eigenvalue weighted by Gasteiger charge is -2.06. The molecule has 0 radical (unpaired) electrons. The molecule has 0 aliphatic heterocycles. The van der Waals surface area contributed by atoms with Crippen LogP contribution in [0.15, 0.2) is 42.5 Å². The number of amides is 1. The quantitative estimate of drug-likeness (QED) is 0.669. The van der Waals surface area contributed by atoms with Crippen molar-refractivity contribution in [2.24, 2.45) is 0 Å². The number of anilines is 2. The summed E-state index contributed by atoms with van der Waals surface area (Å²) in [5.74, 6) is -1.26. The molecule has 0 bridgehead atoms. The van der Waals surface area contributed by atoms with E-state index in [-0.39, 0.29) is 5.69 Å². The van der Waals surface area contributed by atoms with Gasteiger partial charge in [0.2, 0.25) is 0 Å². The molecule has 0 spiro atoms. The van der Waals surface area contributed by atoms with Gasteiger partial charge in [-0.1, -0.05) is 0 Å². The second-order valence-corrected chi connectivity index (χ2v) is 4.24. The van der Waals surface area contributed by atoms with Gasteiger partial charge in [0, 0.05) is 24.4 Å². The predicted molar refractivity (Wildman–Crippen MR) is 77.0 cm³/mol. The first kappa shape index (κ1) is 14.4. The molecule has 0 atom stereocenters. The molecule has 1 amide bonds. The Morgan fingerprint density at radius 3 is 2.38 bits per heavy atom. The third kappa shape index (κ3) is 3.53. The summed E-state index contributed by atoms with van der Waals surface area (Å²) in [4.78, 5) is 21.9. The van der Waals surface area contributed by atoms with E-state index in [2.05, 4.69) is 10.6 Å². The molecule has 6 nitrogen and oxygen atoms in total. The highest BCUT2D eigenvalue weighted by Crippen LogP contribution is 2.20. The smallest absolute Gasteiger partial charge is 0.274 e. The van der Waals surface area contributed by atoms with Gasteiger partial charge in [-0.2, -0.15) is 0 Å². The van der Waals surface area contributed by atoms with Gasteiger partial charge in [0.05, 0.1) is 16.7 Å². The van der Waals surface area contributed by atoms with Crippen LogP contribution in [-0.2, 0) is 0 Å². The van der Waals surface area contributed by atoms with Crippen molar-refractivity contribution >= 4 is 23.0 Å². The van der Waals surface area contributed by atoms with Crippen LogP contribution >= 0.6 is 0 Å². The molecular formula is C14H12FN3O3. The molecule has 0 saturated carbocycles. The van der Waals surface area contributed by atoms with Crippen LogP contribution in [0.4, 0.5) is 21.5 Å². The number of rotatable bonds is 4. The standard InChI is InChI=1S/C14H12FN3O3/c1-16-11-4-2-9(3-5-11)14(19)17-12-6-10(15)7-13(8-12)18(20)21/h2-8,16H,1H3,(H,17,19). The number of nitrogens with zero attached hydrogens (tertiary/aromatic N) is 1. The van der Waals surface area contributed by atoms with Gasteiger partial charge in [-0.3, -0.25) is 14.9 Å². The van der Waals surface area contributed by atoms with Crippen molar-refractivity contribution in [3.63, 3.8) is 0 Å². The van der Waals surface area contributed by atoms with E-state index in [9.17, 15) is 19.3 Å². The molecule has 0 aromatic heterocycles. The fourth-order valence-corrected chi connectivity index (χ4v) is 1.74. The summed E-state index contributed by atoms with van der Waals surface area (Å²) in [6.45, 7) is 0. The zero-order valence-electron chi connectivity index (χ0n) is 11.1. The molecular weight excluding hydrogens is 277 g/mol. The molecule has 7 heteroatoms. The highest BCUT2D eigenvalue weighted by atomic mass is 19.1. The molecule has 2 N–H and O–H groups in total. The fourth-order valence-electron chi connectivity index (χ4n) is 1.74. The maximum absolute atomic E-state index is 13.3. The van der Waals surface area contributed by atoms with Crippen LogP contribution in [0.2, 0.25) is 0 Å². The Bertz CT molecular complexity index is 686. The average molecular weight is 289 g/mol. The number of nitro benzene ring substituents is 1. The third-order valence-corrected chi connectivity index (χ3v) is 2.79. The predicted octanol–water partition coefficient (Wildman–Crippen LogP) is 3.03. The largest absolute Gasteiger partial charge is 0.388 e. The van der Waals surface area contributed by atoms with E-state index in [1.54, 1.807) is 31.3 Å². The van der Waals surface area contributed by atoms with Crippen LogP contribution < -0.4 is 10.6 Å². The number of nitrogens with one attached hydrogen (secondary N) is 2. The second kappa shape index (κ2) is 6.00. The van der Waals surface area contributed by atoms with Crippen molar-refractivity contribution in [1.82, 2.24) is 0 Å². The summed E-state index contributed by atoms with van der Waals surface area (Å²) in [5.41, 5.74) is 0.814. The molecule has 2 aromatic carbocycles. The molecule has 0 heterocycles. The van der Waals surface area contributed by atoms with Crippen LogP contribution in [0, 0.1) is 15.9 Å². The lowest BCUT2D eigenvalue weighted by molar-refractivity contribution is -0.385. The van der Waals surface area contributed by atoms with E-state index >= 15 is 0 Å². The van der Waals surface area contributed by atoms with Crippen molar-refractivity contribution in [2.45, 2.75) is 0 Å². The molecule has 2 rings (SSSR count). The summed E-state index contributed by atoms with van der Waals surface area (Å²) in [6.07, 6.45) is 0. The lowest BCUT2D eigenvalue weighted by atomic mass is 10.2. The van der Waals surface area contributed by atoms with Gasteiger partial charge in [-0.05, 0) is 30.3 Å². The van der Waals surface area contributed by atoms with Crippen molar-refractivity contribution in [2.75, 3.05) is 17.7 Å². The number of non-ortho nitro benzene ring substituents is 1. The normalized spacial score (nSPS) is 10.0. The number of halogens is 1. The van der Waals surface area contributed by atoms with Crippen LogP contribution in [-0.4, -0.2) is 17.9 Å². The number of hydrogen-bond acceptors (Lipinski definition) is 4. The van der Waals surface area contributed by atoms with Crippen LogP contribution in [0.5, 0.6) is 0 Å². The average Bonchev–Trinajstić information content (AvgIpc) is 2.46. The first-order valence-electron chi connectivity index (χ1n) is 6.04. The van der Waals surface area contributed by atoms with Gasteiger partial charge >= 0.3 is 0 Å². The number of hydrogen-bond donors (Lipinski definition) is 2. The van der Waals surface area contributed by atoms with Gasteiger partial charge < -0.3 is 10.6 Å². The zero-order valence-corrected chi connectivity index (χ0v) is 11.1. The summed E-state index contributed by atoms with van der Waals surface area (Å²) in [6, 6.07) is 9.52. The molecule has 0 aliphatic rings. The zero-order chi connectivity index (χ0) is 15.4. The molecule has 21 heavy (non-hydrogen) atoms. The Morgan fingerprint density at radius 2 is 1.81 bits per heavy atom. The minimum Gasteiger partial charge on any atom is -0.388 e. The first-order valence-corrected chi connectivity index (χ1v) is 6.04. The second-order valence-electron chi connectivity index (χ2n) is 4.24. The summed E-state index contributed by atoms with van der Waals surface area (Å²) in [7, 11) is 1.75. The minimum absolute atomic E-state index is 0.0318. The monoisotopic (exact) mass is 289 g/mol. The first-order chi connectivity index (χ1) is 9.99. The topological polar surface area (TPSA) is 84.3 Å². The highest BCUT2D eigenvalue weighted by molar-refractivity contribution is 6.04. The van der Waals surface area contributed by atoms with Crippen molar-refractivity contribution in [3.8, 4) is 0 Å². The number of carbonyl (C=O) groups is 1. The van der Waals surface area contributed by atoms with Gasteiger partial charge in [-0.15, -0.1) is 0 Å². The van der Waals surface area contributed by atoms with Crippen molar-refractivity contribution < 1.29 is 14.1 Å². The van der Waals surface area contributed by atoms with E-state index < -0.39 is 22.3 Å². The van der Waals surface area contributed by atoms with Gasteiger partial charge in [0.15, 0.2) is 0 Å². The van der Waals surface area contributed by atoms with Crippen LogP contribution in [0.25, 0.3) is 0 Å². The summed E-state index contributed by atoms with van der Waals surface area (Å²) < 4.78 is 13.3. The Labute approximate surface area is 119 Å². The Hall–Kier alpha value is -2.96. The Balaban J connectivity index is 2.20. The molecule has 0 unspecified atom stereocenters. The molecule has 0 fully saturated rings. The van der Waals surface area contributed by atoms with E-state index in [0.717, 1.165) is 23.9 Å². The van der Waals surface area contributed by atoms with Gasteiger partial charge in [0.25, 0.3) is 11.6 Å². The van der Waals surface area contributed by atoms with E-state index in [1.165, 1.54) is 0 Å². The summed E-state index contributed by atoms with van der Waals surface area (Å²) >= 11 is 0. The maximum Gasteiger partial charge on any atom is 0.274 e. The third-order valence-electron chi connectivity index (χ3n) is 2.79. The Kier molecular flexibility index (Phi) is 4.13. The van der Waals surface area contributed by atoms with E-state index in [0.29, 0.717) is 5.56 Å². The van der Waals surface area contributed by atoms with Crippen LogP contribution in [0.3, 0.4) is 0 Å². The van der Waals surface area contributed by atoms with Crippen molar-refractivity contribution in [1.29, 1.82) is 0 Å². The SMILES string of the molecule is CNc1ccc(C(=O)Nc2cc(F)cc([N+](=O)[O-])c2)cc1. The van der Waals surface area contributed by atoms with E-state index in [1.807, 2.05) is 0 Å². The molecule has 0 aliphatic carbocycles. The minimum atomic E-state index is -0.787. The maximum atomic E-state index is 13.3. The number of carbonyl (C=O) groups excluding carboxylic acids is 1. The molecule has 0 saturated heterocycles.